The Hall–Kier alpha value is -2.15. The number of likely N-dealkylation sites (tertiary alicyclic amines) is 1. The molecule has 1 N–H and O–H groups in total. The zero-order chi connectivity index (χ0) is 16.6. The van der Waals surface area contributed by atoms with Gasteiger partial charge in [-0.25, -0.2) is 4.68 Å². The molecule has 3 heterocycles. The zero-order valence-corrected chi connectivity index (χ0v) is 13.7. The minimum Gasteiger partial charge on any atom is -0.469 e. The van der Waals surface area contributed by atoms with Crippen LogP contribution < -0.4 is 0 Å². The molecule has 0 aliphatic carbocycles. The molecule has 1 fully saturated rings. The van der Waals surface area contributed by atoms with Gasteiger partial charge in [0.1, 0.15) is 17.1 Å². The molecule has 0 saturated carbocycles. The third kappa shape index (κ3) is 2.88. The Bertz CT molecular complexity index is 706. The second-order valence-electron chi connectivity index (χ2n) is 6.43. The van der Waals surface area contributed by atoms with E-state index in [9.17, 15) is 9.90 Å². The van der Waals surface area contributed by atoms with E-state index in [1.54, 1.807) is 28.8 Å². The summed E-state index contributed by atoms with van der Waals surface area (Å²) in [6.45, 7) is 6.59. The molecular weight excluding hydrogens is 296 g/mol. The lowest BCUT2D eigenvalue weighted by Crippen LogP contribution is -2.48. The maximum atomic E-state index is 12.6. The van der Waals surface area contributed by atoms with Gasteiger partial charge in [0.05, 0.1) is 24.6 Å². The number of furan rings is 1. The Morgan fingerprint density at radius 2 is 2.26 bits per heavy atom. The number of amides is 1. The first-order valence-corrected chi connectivity index (χ1v) is 7.89. The Morgan fingerprint density at radius 1 is 1.48 bits per heavy atom. The highest BCUT2D eigenvalue weighted by Crippen LogP contribution is 2.31. The van der Waals surface area contributed by atoms with Gasteiger partial charge in [0, 0.05) is 12.6 Å². The first-order chi connectivity index (χ1) is 10.9. The van der Waals surface area contributed by atoms with Crippen molar-refractivity contribution in [2.24, 2.45) is 0 Å². The molecule has 0 bridgehead atoms. The number of β-amino-alcohol motifs (C(OH)–C–C–N with tert-alkyl or cyclic N) is 1. The third-order valence-electron chi connectivity index (χ3n) is 4.36. The lowest BCUT2D eigenvalue weighted by Gasteiger charge is -2.37. The van der Waals surface area contributed by atoms with Gasteiger partial charge < -0.3 is 14.4 Å². The molecule has 3 rings (SSSR count). The molecule has 1 saturated heterocycles. The maximum Gasteiger partial charge on any atom is 0.257 e. The van der Waals surface area contributed by atoms with Gasteiger partial charge in [0.15, 0.2) is 0 Å². The minimum absolute atomic E-state index is 0.120. The third-order valence-corrected chi connectivity index (χ3v) is 4.36. The number of carbonyl (C=O) groups is 1. The van der Waals surface area contributed by atoms with Crippen LogP contribution in [0.1, 0.15) is 54.5 Å². The molecule has 0 radical (unpaired) electrons. The van der Waals surface area contributed by atoms with Crippen molar-refractivity contribution in [3.63, 3.8) is 0 Å². The number of piperidine rings is 1. The van der Waals surface area contributed by atoms with Crippen molar-refractivity contribution >= 4 is 5.91 Å². The molecular formula is C16H22N4O3. The van der Waals surface area contributed by atoms with Gasteiger partial charge in [0.2, 0.25) is 0 Å². The fourth-order valence-corrected chi connectivity index (χ4v) is 2.94. The van der Waals surface area contributed by atoms with Gasteiger partial charge in [-0.3, -0.25) is 4.79 Å². The number of carbonyl (C=O) groups excluding carboxylic acids is 1. The van der Waals surface area contributed by atoms with Crippen LogP contribution in [0.4, 0.5) is 0 Å². The Balaban J connectivity index is 1.81. The van der Waals surface area contributed by atoms with Crippen LogP contribution in [0.2, 0.25) is 0 Å². The van der Waals surface area contributed by atoms with Crippen LogP contribution in [-0.2, 0) is 5.60 Å². The van der Waals surface area contributed by atoms with Crippen LogP contribution in [0.25, 0.3) is 0 Å². The maximum absolute atomic E-state index is 12.6. The smallest absolute Gasteiger partial charge is 0.257 e. The molecule has 1 aliphatic heterocycles. The summed E-state index contributed by atoms with van der Waals surface area (Å²) in [5.41, 5.74) is -0.0914. The van der Waals surface area contributed by atoms with Gasteiger partial charge in [0.25, 0.3) is 5.91 Å². The molecule has 1 amide bonds. The van der Waals surface area contributed by atoms with Crippen molar-refractivity contribution in [1.29, 1.82) is 0 Å². The highest BCUT2D eigenvalue weighted by atomic mass is 16.3. The van der Waals surface area contributed by atoms with E-state index in [1.165, 1.54) is 6.26 Å². The van der Waals surface area contributed by atoms with Crippen LogP contribution >= 0.6 is 0 Å². The van der Waals surface area contributed by atoms with E-state index in [1.807, 2.05) is 13.8 Å². The topological polar surface area (TPSA) is 84.4 Å². The van der Waals surface area contributed by atoms with Gasteiger partial charge in [-0.1, -0.05) is 5.21 Å². The van der Waals surface area contributed by atoms with Crippen molar-refractivity contribution in [2.45, 2.75) is 45.3 Å². The van der Waals surface area contributed by atoms with Crippen molar-refractivity contribution in [1.82, 2.24) is 19.9 Å². The average Bonchev–Trinajstić information content (AvgIpc) is 3.15. The van der Waals surface area contributed by atoms with E-state index in [-0.39, 0.29) is 18.5 Å². The number of hydrogen-bond donors (Lipinski definition) is 1. The van der Waals surface area contributed by atoms with E-state index >= 15 is 0 Å². The van der Waals surface area contributed by atoms with Gasteiger partial charge in [-0.05, 0) is 39.7 Å². The van der Waals surface area contributed by atoms with Gasteiger partial charge in [-0.2, -0.15) is 0 Å². The minimum atomic E-state index is -1.15. The molecule has 1 atom stereocenters. The van der Waals surface area contributed by atoms with Crippen molar-refractivity contribution < 1.29 is 14.3 Å². The molecule has 0 unspecified atom stereocenters. The Kier molecular flexibility index (Phi) is 3.97. The first kappa shape index (κ1) is 15.7. The van der Waals surface area contributed by atoms with Crippen LogP contribution in [0.5, 0.6) is 0 Å². The SMILES string of the molecule is Cc1occc1C(=O)N1CCC[C@](O)(c2cn(C(C)C)nn2)C1. The molecule has 7 heteroatoms. The van der Waals surface area contributed by atoms with Crippen LogP contribution in [0, 0.1) is 6.92 Å². The highest BCUT2D eigenvalue weighted by Gasteiger charge is 2.39. The molecule has 23 heavy (non-hydrogen) atoms. The summed E-state index contributed by atoms with van der Waals surface area (Å²) in [6.07, 6.45) is 4.56. The summed E-state index contributed by atoms with van der Waals surface area (Å²) in [7, 11) is 0. The van der Waals surface area contributed by atoms with Crippen LogP contribution in [0.15, 0.2) is 22.9 Å². The summed E-state index contributed by atoms with van der Waals surface area (Å²) in [5.74, 6) is 0.473. The largest absolute Gasteiger partial charge is 0.469 e. The Labute approximate surface area is 134 Å². The van der Waals surface area contributed by atoms with Crippen molar-refractivity contribution in [2.75, 3.05) is 13.1 Å². The molecule has 7 nitrogen and oxygen atoms in total. The standard InChI is InChI=1S/C16H22N4O3/c1-11(2)20-9-14(17-18-20)16(22)6-4-7-19(10-16)15(21)13-5-8-23-12(13)3/h5,8-9,11,22H,4,6-7,10H2,1-3H3/t16-/m1/s1. The van der Waals surface area contributed by atoms with Gasteiger partial charge in [-0.15, -0.1) is 5.10 Å². The molecule has 0 spiro atoms. The van der Waals surface area contributed by atoms with Crippen molar-refractivity contribution in [3.8, 4) is 0 Å². The normalized spacial score (nSPS) is 21.9. The number of rotatable bonds is 3. The highest BCUT2D eigenvalue weighted by molar-refractivity contribution is 5.95. The molecule has 2 aromatic heterocycles. The van der Waals surface area contributed by atoms with Crippen molar-refractivity contribution in [3.05, 3.63) is 35.5 Å². The lowest BCUT2D eigenvalue weighted by atomic mass is 9.89. The van der Waals surface area contributed by atoms with E-state index in [2.05, 4.69) is 10.3 Å². The molecule has 2 aromatic rings. The fraction of sp³-hybridized carbons (Fsp3) is 0.562. The number of aryl methyl sites for hydroxylation is 1. The van der Waals surface area contributed by atoms with E-state index < -0.39 is 5.60 Å². The van der Waals surface area contributed by atoms with E-state index in [4.69, 9.17) is 4.42 Å². The summed E-state index contributed by atoms with van der Waals surface area (Å²) in [6, 6.07) is 1.84. The molecule has 0 aromatic carbocycles. The summed E-state index contributed by atoms with van der Waals surface area (Å²) in [5, 5.41) is 19.2. The zero-order valence-electron chi connectivity index (χ0n) is 13.7. The molecule has 124 valence electrons. The van der Waals surface area contributed by atoms with E-state index in [0.717, 1.165) is 0 Å². The van der Waals surface area contributed by atoms with Gasteiger partial charge >= 0.3 is 0 Å². The fourth-order valence-electron chi connectivity index (χ4n) is 2.94. The van der Waals surface area contributed by atoms with Crippen LogP contribution in [0.3, 0.4) is 0 Å². The second kappa shape index (κ2) is 5.81. The quantitative estimate of drug-likeness (QED) is 0.934. The lowest BCUT2D eigenvalue weighted by molar-refractivity contribution is -0.0321. The number of aliphatic hydroxyl groups is 1. The Morgan fingerprint density at radius 3 is 2.87 bits per heavy atom. The monoisotopic (exact) mass is 318 g/mol. The predicted octanol–water partition coefficient (Wildman–Crippen LogP) is 1.88. The summed E-state index contributed by atoms with van der Waals surface area (Å²) >= 11 is 0. The number of hydrogen-bond acceptors (Lipinski definition) is 5. The number of nitrogens with zero attached hydrogens (tertiary/aromatic N) is 4. The van der Waals surface area contributed by atoms with Crippen LogP contribution in [-0.4, -0.2) is 44.0 Å². The summed E-state index contributed by atoms with van der Waals surface area (Å²) < 4.78 is 6.92. The molecule has 1 aliphatic rings. The number of aromatic nitrogens is 3. The van der Waals surface area contributed by atoms with E-state index in [0.29, 0.717) is 36.4 Å². The average molecular weight is 318 g/mol. The predicted molar refractivity (Wildman–Crippen MR) is 82.9 cm³/mol. The first-order valence-electron chi connectivity index (χ1n) is 7.89. The second-order valence-corrected chi connectivity index (χ2v) is 6.43. The summed E-state index contributed by atoms with van der Waals surface area (Å²) in [4.78, 5) is 14.3.